The lowest BCUT2D eigenvalue weighted by Gasteiger charge is -2.10. The first kappa shape index (κ1) is 14.0. The fourth-order valence-corrected chi connectivity index (χ4v) is 1.81. The highest BCUT2D eigenvalue weighted by molar-refractivity contribution is 9.10. The second-order valence-corrected chi connectivity index (χ2v) is 4.33. The number of aliphatic hydroxyl groups is 1. The standard InChI is InChI=1S/C11H15BrN2O3/c1-17-10-3-2-7(4-8(10)12)5-14-11(16)9(13)6-15/h2-4,9,15H,5-6,13H2,1H3,(H,14,16). The quantitative estimate of drug-likeness (QED) is 0.735. The molecule has 4 N–H and O–H groups in total. The van der Waals surface area contributed by atoms with Gasteiger partial charge in [-0.25, -0.2) is 0 Å². The summed E-state index contributed by atoms with van der Waals surface area (Å²) in [6.45, 7) is -0.00668. The van der Waals surface area contributed by atoms with Crippen LogP contribution in [0.25, 0.3) is 0 Å². The van der Waals surface area contributed by atoms with Gasteiger partial charge in [0.15, 0.2) is 0 Å². The molecule has 0 saturated carbocycles. The van der Waals surface area contributed by atoms with E-state index in [1.165, 1.54) is 0 Å². The molecule has 0 radical (unpaired) electrons. The van der Waals surface area contributed by atoms with Gasteiger partial charge >= 0.3 is 0 Å². The molecular weight excluding hydrogens is 288 g/mol. The molecule has 0 spiro atoms. The van der Waals surface area contributed by atoms with Crippen LogP contribution in [0.2, 0.25) is 0 Å². The summed E-state index contributed by atoms with van der Waals surface area (Å²) < 4.78 is 5.91. The van der Waals surface area contributed by atoms with Gasteiger partial charge in [0.25, 0.3) is 0 Å². The van der Waals surface area contributed by atoms with Crippen molar-refractivity contribution in [2.45, 2.75) is 12.6 Å². The Morgan fingerprint density at radius 1 is 1.65 bits per heavy atom. The maximum absolute atomic E-state index is 11.3. The molecule has 0 aliphatic rings. The molecule has 0 aromatic heterocycles. The minimum Gasteiger partial charge on any atom is -0.496 e. The molecule has 0 aliphatic heterocycles. The summed E-state index contributed by atoms with van der Waals surface area (Å²) >= 11 is 3.35. The van der Waals surface area contributed by atoms with Crippen LogP contribution >= 0.6 is 15.9 Å². The number of nitrogens with one attached hydrogen (secondary N) is 1. The van der Waals surface area contributed by atoms with Crippen molar-refractivity contribution in [1.29, 1.82) is 0 Å². The molecule has 5 nitrogen and oxygen atoms in total. The number of benzene rings is 1. The zero-order chi connectivity index (χ0) is 12.8. The first-order chi connectivity index (χ1) is 8.08. The fourth-order valence-electron chi connectivity index (χ4n) is 1.22. The van der Waals surface area contributed by atoms with Crippen LogP contribution < -0.4 is 15.8 Å². The number of carbonyl (C=O) groups excluding carboxylic acids is 1. The van der Waals surface area contributed by atoms with Gasteiger partial charge < -0.3 is 20.9 Å². The number of nitrogens with two attached hydrogens (primary N) is 1. The third kappa shape index (κ3) is 3.99. The van der Waals surface area contributed by atoms with Crippen LogP contribution in [0.15, 0.2) is 22.7 Å². The number of rotatable bonds is 5. The van der Waals surface area contributed by atoms with Gasteiger partial charge in [-0.05, 0) is 33.6 Å². The first-order valence-electron chi connectivity index (χ1n) is 5.05. The fraction of sp³-hybridized carbons (Fsp3) is 0.364. The molecule has 1 aromatic carbocycles. The van der Waals surface area contributed by atoms with E-state index < -0.39 is 6.04 Å². The van der Waals surface area contributed by atoms with Crippen molar-refractivity contribution in [3.63, 3.8) is 0 Å². The number of methoxy groups -OCH3 is 1. The Kier molecular flexibility index (Phi) is 5.40. The van der Waals surface area contributed by atoms with Crippen LogP contribution in [-0.2, 0) is 11.3 Å². The van der Waals surface area contributed by atoms with Gasteiger partial charge in [0.1, 0.15) is 11.8 Å². The van der Waals surface area contributed by atoms with Crippen molar-refractivity contribution < 1.29 is 14.6 Å². The van der Waals surface area contributed by atoms with E-state index in [1.807, 2.05) is 12.1 Å². The minimum absolute atomic E-state index is 0.356. The van der Waals surface area contributed by atoms with Gasteiger partial charge in [0, 0.05) is 6.54 Å². The van der Waals surface area contributed by atoms with Crippen LogP contribution in [0, 0.1) is 0 Å². The molecule has 1 aromatic rings. The molecule has 0 saturated heterocycles. The molecule has 1 rings (SSSR count). The largest absolute Gasteiger partial charge is 0.496 e. The number of halogens is 1. The van der Waals surface area contributed by atoms with E-state index in [9.17, 15) is 4.79 Å². The molecule has 0 fully saturated rings. The monoisotopic (exact) mass is 302 g/mol. The Bertz CT molecular complexity index is 398. The molecule has 1 amide bonds. The van der Waals surface area contributed by atoms with Crippen LogP contribution in [0.3, 0.4) is 0 Å². The topological polar surface area (TPSA) is 84.6 Å². The molecule has 94 valence electrons. The van der Waals surface area contributed by atoms with E-state index in [4.69, 9.17) is 15.6 Å². The Labute approximate surface area is 108 Å². The summed E-state index contributed by atoms with van der Waals surface area (Å²) in [5.74, 6) is 0.353. The minimum atomic E-state index is -0.878. The molecule has 17 heavy (non-hydrogen) atoms. The summed E-state index contributed by atoms with van der Waals surface area (Å²) in [5.41, 5.74) is 6.28. The van der Waals surface area contributed by atoms with Gasteiger partial charge in [-0.2, -0.15) is 0 Å². The van der Waals surface area contributed by atoms with E-state index in [0.29, 0.717) is 6.54 Å². The maximum Gasteiger partial charge on any atom is 0.239 e. The highest BCUT2D eigenvalue weighted by Gasteiger charge is 2.11. The number of hydrogen-bond acceptors (Lipinski definition) is 4. The highest BCUT2D eigenvalue weighted by Crippen LogP contribution is 2.25. The van der Waals surface area contributed by atoms with Gasteiger partial charge in [-0.3, -0.25) is 4.79 Å². The van der Waals surface area contributed by atoms with Crippen LogP contribution in [-0.4, -0.2) is 30.8 Å². The van der Waals surface area contributed by atoms with Crippen LogP contribution in [0.4, 0.5) is 0 Å². The average Bonchev–Trinajstić information content (AvgIpc) is 2.35. The molecule has 0 aliphatic carbocycles. The van der Waals surface area contributed by atoms with Gasteiger partial charge in [-0.15, -0.1) is 0 Å². The summed E-state index contributed by atoms with van der Waals surface area (Å²) in [7, 11) is 1.59. The van der Waals surface area contributed by atoms with Crippen molar-refractivity contribution in [2.75, 3.05) is 13.7 Å². The van der Waals surface area contributed by atoms with Crippen molar-refractivity contribution in [3.05, 3.63) is 28.2 Å². The van der Waals surface area contributed by atoms with Crippen LogP contribution in [0.1, 0.15) is 5.56 Å². The lowest BCUT2D eigenvalue weighted by molar-refractivity contribution is -0.123. The zero-order valence-corrected chi connectivity index (χ0v) is 11.0. The van der Waals surface area contributed by atoms with E-state index in [-0.39, 0.29) is 12.5 Å². The van der Waals surface area contributed by atoms with Crippen molar-refractivity contribution in [2.24, 2.45) is 5.73 Å². The lowest BCUT2D eigenvalue weighted by atomic mass is 10.2. The summed E-state index contributed by atoms with van der Waals surface area (Å²) in [6, 6.07) is 4.62. The van der Waals surface area contributed by atoms with E-state index in [2.05, 4.69) is 21.2 Å². The maximum atomic E-state index is 11.3. The van der Waals surface area contributed by atoms with Gasteiger partial charge in [0.05, 0.1) is 18.2 Å². The second-order valence-electron chi connectivity index (χ2n) is 3.48. The highest BCUT2D eigenvalue weighted by atomic mass is 79.9. The number of amides is 1. The molecule has 1 unspecified atom stereocenters. The Balaban J connectivity index is 2.58. The smallest absolute Gasteiger partial charge is 0.239 e. The Hall–Kier alpha value is -1.11. The predicted molar refractivity (Wildman–Crippen MR) is 67.6 cm³/mol. The van der Waals surface area contributed by atoms with E-state index in [0.717, 1.165) is 15.8 Å². The van der Waals surface area contributed by atoms with Gasteiger partial charge in [0.2, 0.25) is 5.91 Å². The number of aliphatic hydroxyl groups excluding tert-OH is 1. The molecular formula is C11H15BrN2O3. The van der Waals surface area contributed by atoms with Crippen molar-refractivity contribution in [3.8, 4) is 5.75 Å². The zero-order valence-electron chi connectivity index (χ0n) is 9.44. The molecule has 1 atom stereocenters. The average molecular weight is 303 g/mol. The Morgan fingerprint density at radius 3 is 2.88 bits per heavy atom. The third-order valence-electron chi connectivity index (χ3n) is 2.22. The van der Waals surface area contributed by atoms with Gasteiger partial charge in [-0.1, -0.05) is 6.07 Å². The van der Waals surface area contributed by atoms with Crippen molar-refractivity contribution in [1.82, 2.24) is 5.32 Å². The van der Waals surface area contributed by atoms with E-state index >= 15 is 0 Å². The number of hydrogen-bond donors (Lipinski definition) is 3. The second kappa shape index (κ2) is 6.58. The molecule has 0 bridgehead atoms. The van der Waals surface area contributed by atoms with E-state index in [1.54, 1.807) is 13.2 Å². The molecule has 6 heteroatoms. The predicted octanol–water partition coefficient (Wildman–Crippen LogP) is 0.394. The number of carbonyl (C=O) groups is 1. The first-order valence-corrected chi connectivity index (χ1v) is 5.84. The third-order valence-corrected chi connectivity index (χ3v) is 2.84. The van der Waals surface area contributed by atoms with Crippen LogP contribution in [0.5, 0.6) is 5.75 Å². The molecule has 0 heterocycles. The SMILES string of the molecule is COc1ccc(CNC(=O)C(N)CO)cc1Br. The van der Waals surface area contributed by atoms with Crippen molar-refractivity contribution >= 4 is 21.8 Å². The normalized spacial score (nSPS) is 12.0. The lowest BCUT2D eigenvalue weighted by Crippen LogP contribution is -2.42. The Morgan fingerprint density at radius 2 is 2.35 bits per heavy atom. The number of ether oxygens (including phenoxy) is 1. The summed E-state index contributed by atoms with van der Waals surface area (Å²) in [5, 5.41) is 11.3. The summed E-state index contributed by atoms with van der Waals surface area (Å²) in [6.07, 6.45) is 0. The summed E-state index contributed by atoms with van der Waals surface area (Å²) in [4.78, 5) is 11.3.